The number of ether oxygens (including phenoxy) is 1. The number of nitrogens with one attached hydrogen (secondary N) is 2. The minimum absolute atomic E-state index is 0.0584. The summed E-state index contributed by atoms with van der Waals surface area (Å²) in [6, 6.07) is 7.71. The van der Waals surface area contributed by atoms with Crippen LogP contribution in [0.25, 0.3) is 0 Å². The number of hydrogen-bond donors (Lipinski definition) is 2. The molecule has 1 amide bonds. The number of nitriles is 1. The van der Waals surface area contributed by atoms with Gasteiger partial charge in [-0.2, -0.15) is 10.4 Å². The summed E-state index contributed by atoms with van der Waals surface area (Å²) in [5.74, 6) is 0.632. The van der Waals surface area contributed by atoms with E-state index >= 15 is 0 Å². The van der Waals surface area contributed by atoms with Crippen molar-refractivity contribution >= 4 is 5.91 Å². The second-order valence-corrected chi connectivity index (χ2v) is 6.17. The van der Waals surface area contributed by atoms with Crippen molar-refractivity contribution in [1.82, 2.24) is 20.4 Å². The highest BCUT2D eigenvalue weighted by Crippen LogP contribution is 2.25. The summed E-state index contributed by atoms with van der Waals surface area (Å²) in [6.45, 7) is 0.607. The SMILES string of the molecule is COc1ccc(CN[C@@H]2CCC(=O)N[C@H]2c2cnn(C)c2)cc1C#N. The van der Waals surface area contributed by atoms with Gasteiger partial charge in [-0.05, 0) is 24.1 Å². The lowest BCUT2D eigenvalue weighted by Crippen LogP contribution is -2.48. The Hall–Kier alpha value is -2.85. The topological polar surface area (TPSA) is 92.0 Å². The molecule has 0 spiro atoms. The first-order valence-electron chi connectivity index (χ1n) is 8.19. The Balaban J connectivity index is 1.72. The fourth-order valence-electron chi connectivity index (χ4n) is 3.14. The van der Waals surface area contributed by atoms with Crippen LogP contribution in [0.5, 0.6) is 5.75 Å². The molecule has 1 fully saturated rings. The van der Waals surface area contributed by atoms with Crippen molar-refractivity contribution in [3.8, 4) is 11.8 Å². The summed E-state index contributed by atoms with van der Waals surface area (Å²) in [5, 5.41) is 20.0. The third-order valence-electron chi connectivity index (χ3n) is 4.44. The van der Waals surface area contributed by atoms with Crippen LogP contribution in [0.2, 0.25) is 0 Å². The average Bonchev–Trinajstić information content (AvgIpc) is 3.06. The molecule has 7 nitrogen and oxygen atoms in total. The number of hydrogen-bond acceptors (Lipinski definition) is 5. The Morgan fingerprint density at radius 3 is 3.04 bits per heavy atom. The first kappa shape index (κ1) is 17.0. The van der Waals surface area contributed by atoms with Crippen molar-refractivity contribution in [3.05, 3.63) is 47.3 Å². The van der Waals surface area contributed by atoms with Crippen LogP contribution in [0.4, 0.5) is 0 Å². The molecule has 0 radical (unpaired) electrons. The number of aromatic nitrogens is 2. The molecule has 0 unspecified atom stereocenters. The van der Waals surface area contributed by atoms with Gasteiger partial charge in [0.1, 0.15) is 11.8 Å². The molecule has 2 atom stereocenters. The zero-order valence-electron chi connectivity index (χ0n) is 14.3. The molecule has 2 aromatic rings. The van der Waals surface area contributed by atoms with Crippen LogP contribution in [0.15, 0.2) is 30.6 Å². The second-order valence-electron chi connectivity index (χ2n) is 6.17. The average molecular weight is 339 g/mol. The Morgan fingerprint density at radius 1 is 1.52 bits per heavy atom. The van der Waals surface area contributed by atoms with Gasteiger partial charge in [0.25, 0.3) is 0 Å². The van der Waals surface area contributed by atoms with Gasteiger partial charge in [0, 0.05) is 37.8 Å². The standard InChI is InChI=1S/C18H21N5O2/c1-23-11-14(10-21-23)18-15(4-6-17(24)22-18)20-9-12-3-5-16(25-2)13(7-12)8-19/h3,5,7,10-11,15,18,20H,4,6,9H2,1-2H3,(H,22,24)/t15-,18+/m1/s1. The lowest BCUT2D eigenvalue weighted by Gasteiger charge is -2.32. The number of rotatable bonds is 5. The number of carbonyl (C=O) groups excluding carboxylic acids is 1. The zero-order valence-corrected chi connectivity index (χ0v) is 14.3. The van der Waals surface area contributed by atoms with E-state index in [1.807, 2.05) is 25.4 Å². The van der Waals surface area contributed by atoms with Crippen molar-refractivity contribution in [3.63, 3.8) is 0 Å². The molecule has 1 aromatic carbocycles. The highest BCUT2D eigenvalue weighted by molar-refractivity contribution is 5.77. The number of benzene rings is 1. The predicted octanol–water partition coefficient (Wildman–Crippen LogP) is 1.41. The van der Waals surface area contributed by atoms with E-state index in [-0.39, 0.29) is 18.0 Å². The highest BCUT2D eigenvalue weighted by atomic mass is 16.5. The van der Waals surface area contributed by atoms with E-state index in [0.29, 0.717) is 24.3 Å². The zero-order chi connectivity index (χ0) is 17.8. The minimum atomic E-state index is -0.108. The fourth-order valence-corrected chi connectivity index (χ4v) is 3.14. The molecular weight excluding hydrogens is 318 g/mol. The lowest BCUT2D eigenvalue weighted by molar-refractivity contribution is -0.123. The van der Waals surface area contributed by atoms with E-state index in [1.54, 1.807) is 24.1 Å². The van der Waals surface area contributed by atoms with Crippen LogP contribution in [0.1, 0.15) is 35.6 Å². The summed E-state index contributed by atoms with van der Waals surface area (Å²) in [4.78, 5) is 11.8. The molecule has 1 aromatic heterocycles. The molecule has 0 aliphatic carbocycles. The lowest BCUT2D eigenvalue weighted by atomic mass is 9.93. The Bertz CT molecular complexity index is 808. The molecule has 3 rings (SSSR count). The molecule has 1 aliphatic rings. The maximum Gasteiger partial charge on any atom is 0.220 e. The number of methoxy groups -OCH3 is 1. The van der Waals surface area contributed by atoms with Gasteiger partial charge in [0.2, 0.25) is 5.91 Å². The quantitative estimate of drug-likeness (QED) is 0.859. The summed E-state index contributed by atoms with van der Waals surface area (Å²) in [5.41, 5.74) is 2.50. The van der Waals surface area contributed by atoms with Gasteiger partial charge < -0.3 is 15.4 Å². The fraction of sp³-hybridized carbons (Fsp3) is 0.389. The van der Waals surface area contributed by atoms with Gasteiger partial charge in [0.15, 0.2) is 0 Å². The number of aryl methyl sites for hydroxylation is 1. The van der Waals surface area contributed by atoms with Crippen molar-refractivity contribution < 1.29 is 9.53 Å². The molecule has 25 heavy (non-hydrogen) atoms. The maximum absolute atomic E-state index is 11.8. The first-order chi connectivity index (χ1) is 12.1. The number of nitrogens with zero attached hydrogens (tertiary/aromatic N) is 3. The van der Waals surface area contributed by atoms with E-state index in [1.165, 1.54) is 0 Å². The molecule has 2 heterocycles. The summed E-state index contributed by atoms with van der Waals surface area (Å²) in [6.07, 6.45) is 4.96. The van der Waals surface area contributed by atoms with Crippen LogP contribution >= 0.6 is 0 Å². The molecule has 0 bridgehead atoms. The van der Waals surface area contributed by atoms with Crippen molar-refractivity contribution in [2.45, 2.75) is 31.5 Å². The van der Waals surface area contributed by atoms with Gasteiger partial charge in [0.05, 0.1) is 24.9 Å². The third-order valence-corrected chi connectivity index (χ3v) is 4.44. The second kappa shape index (κ2) is 7.36. The van der Waals surface area contributed by atoms with Gasteiger partial charge in [-0.1, -0.05) is 6.07 Å². The van der Waals surface area contributed by atoms with Crippen LogP contribution in [-0.4, -0.2) is 28.8 Å². The third kappa shape index (κ3) is 3.80. The van der Waals surface area contributed by atoms with Gasteiger partial charge >= 0.3 is 0 Å². The van der Waals surface area contributed by atoms with Crippen LogP contribution in [0.3, 0.4) is 0 Å². The van der Waals surface area contributed by atoms with Crippen molar-refractivity contribution in [1.29, 1.82) is 5.26 Å². The van der Waals surface area contributed by atoms with Gasteiger partial charge in [-0.3, -0.25) is 9.48 Å². The molecule has 7 heteroatoms. The van der Waals surface area contributed by atoms with Gasteiger partial charge in [-0.15, -0.1) is 0 Å². The Morgan fingerprint density at radius 2 is 2.36 bits per heavy atom. The first-order valence-corrected chi connectivity index (χ1v) is 8.19. The van der Waals surface area contributed by atoms with E-state index in [4.69, 9.17) is 4.74 Å². The number of amides is 1. The van der Waals surface area contributed by atoms with Crippen molar-refractivity contribution in [2.75, 3.05) is 7.11 Å². The molecule has 0 saturated carbocycles. The Kier molecular flexibility index (Phi) is 5.00. The van der Waals surface area contributed by atoms with Crippen LogP contribution in [-0.2, 0) is 18.4 Å². The monoisotopic (exact) mass is 339 g/mol. The molecule has 2 N–H and O–H groups in total. The molecule has 1 saturated heterocycles. The van der Waals surface area contributed by atoms with Crippen LogP contribution in [0, 0.1) is 11.3 Å². The summed E-state index contributed by atoms with van der Waals surface area (Å²) >= 11 is 0. The summed E-state index contributed by atoms with van der Waals surface area (Å²) in [7, 11) is 3.41. The molecular formula is C18H21N5O2. The number of carbonyl (C=O) groups is 1. The molecule has 1 aliphatic heterocycles. The summed E-state index contributed by atoms with van der Waals surface area (Å²) < 4.78 is 6.91. The van der Waals surface area contributed by atoms with E-state index in [0.717, 1.165) is 17.5 Å². The van der Waals surface area contributed by atoms with Gasteiger partial charge in [-0.25, -0.2) is 0 Å². The minimum Gasteiger partial charge on any atom is -0.495 e. The Labute approximate surface area is 146 Å². The largest absolute Gasteiger partial charge is 0.495 e. The smallest absolute Gasteiger partial charge is 0.220 e. The van der Waals surface area contributed by atoms with E-state index in [9.17, 15) is 10.1 Å². The molecule has 130 valence electrons. The van der Waals surface area contributed by atoms with Crippen LogP contribution < -0.4 is 15.4 Å². The normalized spacial score (nSPS) is 20.0. The van der Waals surface area contributed by atoms with Crippen molar-refractivity contribution in [2.24, 2.45) is 7.05 Å². The number of piperidine rings is 1. The highest BCUT2D eigenvalue weighted by Gasteiger charge is 2.30. The maximum atomic E-state index is 11.8. The van der Waals surface area contributed by atoms with E-state index < -0.39 is 0 Å². The van der Waals surface area contributed by atoms with E-state index in [2.05, 4.69) is 21.8 Å². The predicted molar refractivity (Wildman–Crippen MR) is 91.7 cm³/mol.